The highest BCUT2D eigenvalue weighted by Crippen LogP contribution is 2.26. The van der Waals surface area contributed by atoms with E-state index in [-0.39, 0.29) is 0 Å². The number of ether oxygens (including phenoxy) is 1. The number of rotatable bonds is 4. The van der Waals surface area contributed by atoms with E-state index >= 15 is 0 Å². The molecule has 1 aromatic heterocycles. The third kappa shape index (κ3) is 2.63. The standard InChI is InChI=1S/C14H14N2OS/c1-16(10-13-4-3-7-18-13)14-8-12(17-2)6-5-11(14)9-15/h3-8H,10H2,1-2H3. The Kier molecular flexibility index (Phi) is 3.85. The summed E-state index contributed by atoms with van der Waals surface area (Å²) in [5.74, 6) is 0.766. The summed E-state index contributed by atoms with van der Waals surface area (Å²) < 4.78 is 5.21. The fourth-order valence-electron chi connectivity index (χ4n) is 1.77. The minimum Gasteiger partial charge on any atom is -0.497 e. The Labute approximate surface area is 111 Å². The van der Waals surface area contributed by atoms with Gasteiger partial charge in [-0.2, -0.15) is 5.26 Å². The molecule has 0 spiro atoms. The smallest absolute Gasteiger partial charge is 0.121 e. The highest BCUT2D eigenvalue weighted by Gasteiger charge is 2.09. The summed E-state index contributed by atoms with van der Waals surface area (Å²) in [7, 11) is 3.61. The molecule has 92 valence electrons. The van der Waals surface area contributed by atoms with Crippen LogP contribution in [0, 0.1) is 11.3 Å². The number of hydrogen-bond acceptors (Lipinski definition) is 4. The summed E-state index contributed by atoms with van der Waals surface area (Å²) in [5, 5.41) is 11.2. The van der Waals surface area contributed by atoms with Crippen molar-refractivity contribution in [2.75, 3.05) is 19.1 Å². The molecule has 2 aromatic rings. The number of thiophene rings is 1. The lowest BCUT2D eigenvalue weighted by Gasteiger charge is -2.20. The van der Waals surface area contributed by atoms with E-state index in [0.29, 0.717) is 5.56 Å². The van der Waals surface area contributed by atoms with Gasteiger partial charge >= 0.3 is 0 Å². The second kappa shape index (κ2) is 5.56. The summed E-state index contributed by atoms with van der Waals surface area (Å²) >= 11 is 1.71. The van der Waals surface area contributed by atoms with Gasteiger partial charge in [-0.05, 0) is 23.6 Å². The molecular weight excluding hydrogens is 244 g/mol. The molecule has 2 rings (SSSR count). The molecule has 1 heterocycles. The minimum atomic E-state index is 0.662. The SMILES string of the molecule is COc1ccc(C#N)c(N(C)Cc2cccs2)c1. The summed E-state index contributed by atoms with van der Waals surface area (Å²) in [6.07, 6.45) is 0. The molecule has 0 aliphatic carbocycles. The quantitative estimate of drug-likeness (QED) is 0.844. The average Bonchev–Trinajstić information content (AvgIpc) is 2.90. The highest BCUT2D eigenvalue weighted by molar-refractivity contribution is 7.09. The lowest BCUT2D eigenvalue weighted by Crippen LogP contribution is -2.16. The molecule has 1 aromatic carbocycles. The van der Waals surface area contributed by atoms with Gasteiger partial charge in [-0.3, -0.25) is 0 Å². The van der Waals surface area contributed by atoms with Crippen LogP contribution in [0.5, 0.6) is 5.75 Å². The number of hydrogen-bond donors (Lipinski definition) is 0. The Morgan fingerprint density at radius 3 is 2.83 bits per heavy atom. The van der Waals surface area contributed by atoms with Gasteiger partial charge in [0, 0.05) is 18.0 Å². The van der Waals surface area contributed by atoms with Crippen LogP contribution in [-0.2, 0) is 6.54 Å². The number of benzene rings is 1. The van der Waals surface area contributed by atoms with E-state index in [9.17, 15) is 0 Å². The predicted octanol–water partition coefficient (Wildman–Crippen LogP) is 3.26. The predicted molar refractivity (Wildman–Crippen MR) is 74.1 cm³/mol. The number of methoxy groups -OCH3 is 1. The fourth-order valence-corrected chi connectivity index (χ4v) is 2.53. The molecular formula is C14H14N2OS. The maximum Gasteiger partial charge on any atom is 0.121 e. The van der Waals surface area contributed by atoms with Gasteiger partial charge < -0.3 is 9.64 Å². The summed E-state index contributed by atoms with van der Waals surface area (Å²) in [4.78, 5) is 3.33. The number of anilines is 1. The van der Waals surface area contributed by atoms with Crippen molar-refractivity contribution in [2.24, 2.45) is 0 Å². The molecule has 0 aliphatic heterocycles. The van der Waals surface area contributed by atoms with E-state index in [4.69, 9.17) is 10.00 Å². The van der Waals surface area contributed by atoms with E-state index in [1.165, 1.54) is 4.88 Å². The van der Waals surface area contributed by atoms with Gasteiger partial charge in [0.05, 0.1) is 24.9 Å². The first kappa shape index (κ1) is 12.5. The molecule has 0 bridgehead atoms. The van der Waals surface area contributed by atoms with Crippen molar-refractivity contribution >= 4 is 17.0 Å². The van der Waals surface area contributed by atoms with Crippen LogP contribution in [-0.4, -0.2) is 14.2 Å². The zero-order chi connectivity index (χ0) is 13.0. The minimum absolute atomic E-state index is 0.662. The third-order valence-electron chi connectivity index (χ3n) is 2.71. The molecule has 0 saturated carbocycles. The van der Waals surface area contributed by atoms with Crippen LogP contribution in [0.4, 0.5) is 5.69 Å². The Morgan fingerprint density at radius 1 is 1.39 bits per heavy atom. The Hall–Kier alpha value is -1.99. The molecule has 0 unspecified atom stereocenters. The zero-order valence-electron chi connectivity index (χ0n) is 10.4. The molecule has 0 fully saturated rings. The first-order valence-corrected chi connectivity index (χ1v) is 6.44. The van der Waals surface area contributed by atoms with E-state index < -0.39 is 0 Å². The molecule has 0 saturated heterocycles. The third-order valence-corrected chi connectivity index (χ3v) is 3.57. The lowest BCUT2D eigenvalue weighted by atomic mass is 10.1. The van der Waals surface area contributed by atoms with Gasteiger partial charge in [0.1, 0.15) is 11.8 Å². The lowest BCUT2D eigenvalue weighted by molar-refractivity contribution is 0.415. The monoisotopic (exact) mass is 258 g/mol. The fraction of sp³-hybridized carbons (Fsp3) is 0.214. The maximum absolute atomic E-state index is 9.14. The highest BCUT2D eigenvalue weighted by atomic mass is 32.1. The van der Waals surface area contributed by atoms with Crippen molar-refractivity contribution in [1.29, 1.82) is 5.26 Å². The Bertz CT molecular complexity index is 558. The van der Waals surface area contributed by atoms with Crippen molar-refractivity contribution in [3.63, 3.8) is 0 Å². The topological polar surface area (TPSA) is 36.3 Å². The van der Waals surface area contributed by atoms with Gasteiger partial charge in [-0.25, -0.2) is 0 Å². The van der Waals surface area contributed by atoms with Crippen molar-refractivity contribution in [3.8, 4) is 11.8 Å². The van der Waals surface area contributed by atoms with E-state index in [1.807, 2.05) is 19.2 Å². The van der Waals surface area contributed by atoms with Crippen LogP contribution in [0.3, 0.4) is 0 Å². The van der Waals surface area contributed by atoms with Crippen LogP contribution >= 0.6 is 11.3 Å². The molecule has 4 heteroatoms. The second-order valence-corrected chi connectivity index (χ2v) is 4.96. The van der Waals surface area contributed by atoms with Gasteiger partial charge in [0.25, 0.3) is 0 Å². The second-order valence-electron chi connectivity index (χ2n) is 3.93. The average molecular weight is 258 g/mol. The van der Waals surface area contributed by atoms with E-state index in [0.717, 1.165) is 18.0 Å². The van der Waals surface area contributed by atoms with Gasteiger partial charge in [0.2, 0.25) is 0 Å². The first-order valence-electron chi connectivity index (χ1n) is 5.56. The van der Waals surface area contributed by atoms with Crippen molar-refractivity contribution in [1.82, 2.24) is 0 Å². The van der Waals surface area contributed by atoms with Crippen LogP contribution in [0.15, 0.2) is 35.7 Å². The maximum atomic E-state index is 9.14. The molecule has 0 amide bonds. The zero-order valence-corrected chi connectivity index (χ0v) is 11.2. The van der Waals surface area contributed by atoms with Gasteiger partial charge in [0.15, 0.2) is 0 Å². The van der Waals surface area contributed by atoms with E-state index in [2.05, 4.69) is 22.4 Å². The summed E-state index contributed by atoms with van der Waals surface area (Å²) in [5.41, 5.74) is 1.56. The normalized spacial score (nSPS) is 9.83. The van der Waals surface area contributed by atoms with Crippen LogP contribution < -0.4 is 9.64 Å². The number of nitrogens with zero attached hydrogens (tertiary/aromatic N) is 2. The molecule has 0 N–H and O–H groups in total. The van der Waals surface area contributed by atoms with Gasteiger partial charge in [-0.15, -0.1) is 11.3 Å². The molecule has 0 aliphatic rings. The van der Waals surface area contributed by atoms with Crippen LogP contribution in [0.1, 0.15) is 10.4 Å². The molecule has 18 heavy (non-hydrogen) atoms. The summed E-state index contributed by atoms with van der Waals surface area (Å²) in [6.45, 7) is 0.791. The van der Waals surface area contributed by atoms with Crippen molar-refractivity contribution in [3.05, 3.63) is 46.2 Å². The number of nitriles is 1. The molecule has 3 nitrogen and oxygen atoms in total. The largest absolute Gasteiger partial charge is 0.497 e. The Morgan fingerprint density at radius 2 is 2.22 bits per heavy atom. The van der Waals surface area contributed by atoms with Crippen molar-refractivity contribution in [2.45, 2.75) is 6.54 Å². The summed E-state index contributed by atoms with van der Waals surface area (Å²) in [6, 6.07) is 11.8. The van der Waals surface area contributed by atoms with Crippen molar-refractivity contribution < 1.29 is 4.74 Å². The van der Waals surface area contributed by atoms with E-state index in [1.54, 1.807) is 30.6 Å². The van der Waals surface area contributed by atoms with Crippen LogP contribution in [0.25, 0.3) is 0 Å². The van der Waals surface area contributed by atoms with Gasteiger partial charge in [-0.1, -0.05) is 6.07 Å². The first-order chi connectivity index (χ1) is 8.74. The van der Waals surface area contributed by atoms with Crippen LogP contribution in [0.2, 0.25) is 0 Å². The molecule has 0 radical (unpaired) electrons. The molecule has 0 atom stereocenters. The Balaban J connectivity index is 2.28.